The third kappa shape index (κ3) is 6.28. The van der Waals surface area contributed by atoms with E-state index in [1.807, 2.05) is 6.07 Å². The maximum Gasteiger partial charge on any atom is 0.271 e. The second-order valence-corrected chi connectivity index (χ2v) is 5.98. The number of halogens is 1. The van der Waals surface area contributed by atoms with E-state index in [0.717, 1.165) is 0 Å². The van der Waals surface area contributed by atoms with E-state index in [0.29, 0.717) is 22.6 Å². The minimum absolute atomic E-state index is 0.206. The molecule has 0 saturated carbocycles. The van der Waals surface area contributed by atoms with E-state index in [4.69, 9.17) is 4.74 Å². The van der Waals surface area contributed by atoms with Gasteiger partial charge in [0.15, 0.2) is 6.61 Å². The molecule has 2 amide bonds. The van der Waals surface area contributed by atoms with Crippen molar-refractivity contribution in [1.29, 1.82) is 0 Å². The van der Waals surface area contributed by atoms with Crippen LogP contribution in [0.15, 0.2) is 84.0 Å². The number of nitrogens with zero attached hydrogens (tertiary/aromatic N) is 1. The number of rotatable bonds is 7. The second-order valence-electron chi connectivity index (χ2n) is 5.98. The van der Waals surface area contributed by atoms with Crippen LogP contribution in [0.5, 0.6) is 5.75 Å². The Morgan fingerprint density at radius 3 is 2.48 bits per heavy atom. The van der Waals surface area contributed by atoms with Crippen LogP contribution in [-0.2, 0) is 4.79 Å². The van der Waals surface area contributed by atoms with E-state index >= 15 is 0 Å². The lowest BCUT2D eigenvalue weighted by Crippen LogP contribution is -2.20. The SMILES string of the molecule is O=C(COc1cccc(C=NNC(=O)c2ccccc2)c1)Nc1ccc(F)cc1. The number of carbonyl (C=O) groups is 2. The van der Waals surface area contributed by atoms with Crippen LogP contribution < -0.4 is 15.5 Å². The molecule has 0 radical (unpaired) electrons. The van der Waals surface area contributed by atoms with Crippen molar-refractivity contribution in [2.24, 2.45) is 5.10 Å². The zero-order valence-corrected chi connectivity index (χ0v) is 15.3. The van der Waals surface area contributed by atoms with Crippen LogP contribution >= 0.6 is 0 Å². The van der Waals surface area contributed by atoms with Crippen molar-refractivity contribution in [1.82, 2.24) is 5.43 Å². The fraction of sp³-hybridized carbons (Fsp3) is 0.0455. The summed E-state index contributed by atoms with van der Waals surface area (Å²) >= 11 is 0. The molecule has 3 aromatic rings. The summed E-state index contributed by atoms with van der Waals surface area (Å²) in [5.74, 6) is -0.590. The Hall–Kier alpha value is -4.00. The highest BCUT2D eigenvalue weighted by Crippen LogP contribution is 2.13. The molecule has 3 aromatic carbocycles. The molecule has 0 aliphatic rings. The smallest absolute Gasteiger partial charge is 0.271 e. The van der Waals surface area contributed by atoms with Crippen molar-refractivity contribution < 1.29 is 18.7 Å². The molecule has 6 nitrogen and oxygen atoms in total. The van der Waals surface area contributed by atoms with Crippen molar-refractivity contribution in [3.05, 3.63) is 95.8 Å². The zero-order valence-electron chi connectivity index (χ0n) is 15.3. The fourth-order valence-electron chi connectivity index (χ4n) is 2.38. The molecule has 0 aromatic heterocycles. The van der Waals surface area contributed by atoms with Crippen LogP contribution in [0.2, 0.25) is 0 Å². The molecule has 146 valence electrons. The summed E-state index contributed by atoms with van der Waals surface area (Å²) in [5.41, 5.74) is 4.13. The number of amides is 2. The molecule has 0 unspecified atom stereocenters. The number of anilines is 1. The molecule has 0 bridgehead atoms. The number of hydrazone groups is 1. The lowest BCUT2D eigenvalue weighted by molar-refractivity contribution is -0.118. The predicted molar refractivity (Wildman–Crippen MR) is 108 cm³/mol. The van der Waals surface area contributed by atoms with Gasteiger partial charge in [-0.3, -0.25) is 9.59 Å². The number of carbonyl (C=O) groups excluding carboxylic acids is 2. The summed E-state index contributed by atoms with van der Waals surface area (Å²) in [4.78, 5) is 23.9. The van der Waals surface area contributed by atoms with Crippen molar-refractivity contribution in [3.63, 3.8) is 0 Å². The lowest BCUT2D eigenvalue weighted by Gasteiger charge is -2.08. The van der Waals surface area contributed by atoms with Gasteiger partial charge in [0.2, 0.25) is 0 Å². The van der Waals surface area contributed by atoms with Gasteiger partial charge in [-0.05, 0) is 54.1 Å². The highest BCUT2D eigenvalue weighted by atomic mass is 19.1. The summed E-state index contributed by atoms with van der Waals surface area (Å²) in [7, 11) is 0. The summed E-state index contributed by atoms with van der Waals surface area (Å²) in [5, 5.41) is 6.54. The molecule has 7 heteroatoms. The number of ether oxygens (including phenoxy) is 1. The monoisotopic (exact) mass is 391 g/mol. The first-order valence-electron chi connectivity index (χ1n) is 8.77. The largest absolute Gasteiger partial charge is 0.484 e. The summed E-state index contributed by atoms with van der Waals surface area (Å²) in [6.07, 6.45) is 1.48. The van der Waals surface area contributed by atoms with E-state index in [1.54, 1.807) is 48.5 Å². The molecule has 0 aliphatic heterocycles. The van der Waals surface area contributed by atoms with Gasteiger partial charge in [0, 0.05) is 11.3 Å². The first kappa shape index (κ1) is 19.8. The van der Waals surface area contributed by atoms with Gasteiger partial charge in [0.25, 0.3) is 11.8 Å². The van der Waals surface area contributed by atoms with Gasteiger partial charge in [-0.25, -0.2) is 9.82 Å². The van der Waals surface area contributed by atoms with Crippen molar-refractivity contribution >= 4 is 23.7 Å². The summed E-state index contributed by atoms with van der Waals surface area (Å²) in [6, 6.07) is 21.1. The van der Waals surface area contributed by atoms with E-state index in [1.165, 1.54) is 30.5 Å². The molecule has 3 rings (SSSR count). The van der Waals surface area contributed by atoms with Crippen molar-refractivity contribution in [2.45, 2.75) is 0 Å². The molecule has 0 fully saturated rings. The zero-order chi connectivity index (χ0) is 20.5. The number of hydrogen-bond donors (Lipinski definition) is 2. The molecular formula is C22H18FN3O3. The molecule has 0 atom stereocenters. The summed E-state index contributed by atoms with van der Waals surface area (Å²) < 4.78 is 18.3. The lowest BCUT2D eigenvalue weighted by atomic mass is 10.2. The summed E-state index contributed by atoms with van der Waals surface area (Å²) in [6.45, 7) is -0.206. The maximum atomic E-state index is 12.9. The Morgan fingerprint density at radius 2 is 1.72 bits per heavy atom. The fourth-order valence-corrected chi connectivity index (χ4v) is 2.38. The second kappa shape index (κ2) is 9.80. The minimum Gasteiger partial charge on any atom is -0.484 e. The Labute approximate surface area is 167 Å². The Morgan fingerprint density at radius 1 is 0.966 bits per heavy atom. The molecule has 0 spiro atoms. The van der Waals surface area contributed by atoms with Crippen molar-refractivity contribution in [3.8, 4) is 5.75 Å². The molecule has 0 aliphatic carbocycles. The Kier molecular flexibility index (Phi) is 6.67. The maximum absolute atomic E-state index is 12.9. The van der Waals surface area contributed by atoms with Crippen LogP contribution in [0.3, 0.4) is 0 Å². The van der Waals surface area contributed by atoms with Crippen LogP contribution in [0, 0.1) is 5.82 Å². The van der Waals surface area contributed by atoms with E-state index in [9.17, 15) is 14.0 Å². The number of benzene rings is 3. The standard InChI is InChI=1S/C22H18FN3O3/c23-18-9-11-19(12-10-18)25-21(27)15-29-20-8-4-5-16(13-20)14-24-26-22(28)17-6-2-1-3-7-17/h1-14H,15H2,(H,25,27)(H,26,28). The van der Waals surface area contributed by atoms with Gasteiger partial charge in [-0.2, -0.15) is 5.10 Å². The van der Waals surface area contributed by atoms with E-state index < -0.39 is 0 Å². The van der Waals surface area contributed by atoms with Gasteiger partial charge >= 0.3 is 0 Å². The van der Waals surface area contributed by atoms with Gasteiger partial charge in [-0.1, -0.05) is 30.3 Å². The Bertz CT molecular complexity index is 1010. The average Bonchev–Trinajstić information content (AvgIpc) is 2.75. The van der Waals surface area contributed by atoms with Crippen LogP contribution in [0.4, 0.5) is 10.1 Å². The van der Waals surface area contributed by atoms with Gasteiger partial charge in [-0.15, -0.1) is 0 Å². The topological polar surface area (TPSA) is 79.8 Å². The first-order chi connectivity index (χ1) is 14.1. The van der Waals surface area contributed by atoms with Gasteiger partial charge < -0.3 is 10.1 Å². The quantitative estimate of drug-likeness (QED) is 0.477. The number of hydrogen-bond acceptors (Lipinski definition) is 4. The third-order valence-electron chi connectivity index (χ3n) is 3.77. The van der Waals surface area contributed by atoms with Gasteiger partial charge in [0.1, 0.15) is 11.6 Å². The highest BCUT2D eigenvalue weighted by Gasteiger charge is 2.05. The third-order valence-corrected chi connectivity index (χ3v) is 3.77. The Balaban J connectivity index is 1.50. The average molecular weight is 391 g/mol. The first-order valence-corrected chi connectivity index (χ1v) is 8.77. The van der Waals surface area contributed by atoms with Gasteiger partial charge in [0.05, 0.1) is 6.21 Å². The van der Waals surface area contributed by atoms with E-state index in [-0.39, 0.29) is 24.2 Å². The highest BCUT2D eigenvalue weighted by molar-refractivity contribution is 5.95. The molecular weight excluding hydrogens is 373 g/mol. The van der Waals surface area contributed by atoms with Crippen LogP contribution in [0.25, 0.3) is 0 Å². The minimum atomic E-state index is -0.377. The van der Waals surface area contributed by atoms with Crippen molar-refractivity contribution in [2.75, 3.05) is 11.9 Å². The molecule has 2 N–H and O–H groups in total. The normalized spacial score (nSPS) is 10.5. The molecule has 0 heterocycles. The van der Waals surface area contributed by atoms with Crippen LogP contribution in [-0.4, -0.2) is 24.6 Å². The molecule has 0 saturated heterocycles. The van der Waals surface area contributed by atoms with Crippen LogP contribution in [0.1, 0.15) is 15.9 Å². The van der Waals surface area contributed by atoms with E-state index in [2.05, 4.69) is 15.8 Å². The molecule has 29 heavy (non-hydrogen) atoms. The predicted octanol–water partition coefficient (Wildman–Crippen LogP) is 3.61. The number of nitrogens with one attached hydrogen (secondary N) is 2.